The zero-order chi connectivity index (χ0) is 26.0. The Morgan fingerprint density at radius 3 is 2.46 bits per heavy atom. The summed E-state index contributed by atoms with van der Waals surface area (Å²) >= 11 is 0. The number of benzene rings is 2. The Hall–Kier alpha value is -3.93. The molecule has 9 heteroatoms. The van der Waals surface area contributed by atoms with Crippen LogP contribution in [-0.4, -0.2) is 30.3 Å². The molecule has 0 aromatic heterocycles. The third kappa shape index (κ3) is 6.15. The minimum Gasteiger partial charge on any atom is -0.486 e. The van der Waals surface area contributed by atoms with Crippen LogP contribution in [0.3, 0.4) is 0 Å². The van der Waals surface area contributed by atoms with E-state index in [0.29, 0.717) is 12.2 Å². The van der Waals surface area contributed by atoms with Gasteiger partial charge in [0.1, 0.15) is 29.0 Å². The number of hydrogen-bond donors (Lipinski definition) is 0. The monoisotopic (exact) mass is 483 g/mol. The van der Waals surface area contributed by atoms with E-state index in [1.807, 2.05) is 27.7 Å². The molecule has 0 fully saturated rings. The molecule has 2 aromatic rings. The van der Waals surface area contributed by atoms with E-state index < -0.39 is 42.5 Å². The summed E-state index contributed by atoms with van der Waals surface area (Å²) in [5.74, 6) is -2.58. The summed E-state index contributed by atoms with van der Waals surface area (Å²) in [5.41, 5.74) is 0.239. The Morgan fingerprint density at radius 2 is 1.83 bits per heavy atom. The summed E-state index contributed by atoms with van der Waals surface area (Å²) in [5, 5.41) is 9.66. The molecule has 0 N–H and O–H groups in total. The first-order chi connectivity index (χ1) is 16.3. The number of nitriles is 1. The molecule has 0 bridgehead atoms. The SMILES string of the molecule is CC(=O)OCOC(=O)Cc1ccc(OC(=O)c2cc(C#N)c3c(c2)C(C)(C)CC(C)(C)O3)cc1F. The lowest BCUT2D eigenvalue weighted by atomic mass is 9.72. The molecule has 1 heterocycles. The van der Waals surface area contributed by atoms with Gasteiger partial charge < -0.3 is 18.9 Å². The topological polar surface area (TPSA) is 112 Å². The number of nitrogens with zero attached hydrogens (tertiary/aromatic N) is 1. The lowest BCUT2D eigenvalue weighted by Crippen LogP contribution is -2.41. The van der Waals surface area contributed by atoms with Gasteiger partial charge in [-0.25, -0.2) is 9.18 Å². The van der Waals surface area contributed by atoms with E-state index in [4.69, 9.17) is 14.2 Å². The summed E-state index contributed by atoms with van der Waals surface area (Å²) in [4.78, 5) is 35.3. The second kappa shape index (κ2) is 9.74. The maximum Gasteiger partial charge on any atom is 0.343 e. The highest BCUT2D eigenvalue weighted by atomic mass is 19.1. The van der Waals surface area contributed by atoms with Crippen LogP contribution in [0.4, 0.5) is 4.39 Å². The molecule has 0 atom stereocenters. The van der Waals surface area contributed by atoms with E-state index in [1.54, 1.807) is 6.07 Å². The van der Waals surface area contributed by atoms with Crippen molar-refractivity contribution in [2.75, 3.05) is 6.79 Å². The molecule has 3 rings (SSSR count). The van der Waals surface area contributed by atoms with Gasteiger partial charge in [-0.3, -0.25) is 9.59 Å². The zero-order valence-electron chi connectivity index (χ0n) is 20.2. The van der Waals surface area contributed by atoms with Crippen molar-refractivity contribution in [3.8, 4) is 17.6 Å². The molecule has 2 aromatic carbocycles. The van der Waals surface area contributed by atoms with Gasteiger partial charge in [0.15, 0.2) is 0 Å². The van der Waals surface area contributed by atoms with Gasteiger partial charge in [0.05, 0.1) is 17.5 Å². The van der Waals surface area contributed by atoms with Gasteiger partial charge in [0.25, 0.3) is 0 Å². The van der Waals surface area contributed by atoms with Crippen LogP contribution in [-0.2, 0) is 30.9 Å². The van der Waals surface area contributed by atoms with E-state index in [9.17, 15) is 24.0 Å². The van der Waals surface area contributed by atoms with E-state index in [2.05, 4.69) is 10.8 Å². The van der Waals surface area contributed by atoms with Crippen molar-refractivity contribution in [1.29, 1.82) is 5.26 Å². The van der Waals surface area contributed by atoms with Crippen LogP contribution in [0.5, 0.6) is 11.5 Å². The number of fused-ring (bicyclic) bond motifs is 1. The first-order valence-electron chi connectivity index (χ1n) is 10.9. The van der Waals surface area contributed by atoms with Gasteiger partial charge in [0.2, 0.25) is 6.79 Å². The molecule has 0 amide bonds. The first-order valence-corrected chi connectivity index (χ1v) is 10.9. The highest BCUT2D eigenvalue weighted by Gasteiger charge is 2.40. The highest BCUT2D eigenvalue weighted by Crippen LogP contribution is 2.46. The van der Waals surface area contributed by atoms with Crippen LogP contribution in [0.2, 0.25) is 0 Å². The molecule has 1 aliphatic rings. The molecule has 0 unspecified atom stereocenters. The second-order valence-electron chi connectivity index (χ2n) is 9.52. The van der Waals surface area contributed by atoms with Crippen molar-refractivity contribution < 1.29 is 37.7 Å². The number of hydrogen-bond acceptors (Lipinski definition) is 8. The van der Waals surface area contributed by atoms with Crippen molar-refractivity contribution in [3.63, 3.8) is 0 Å². The van der Waals surface area contributed by atoms with Crippen molar-refractivity contribution in [3.05, 3.63) is 58.4 Å². The third-order valence-corrected chi connectivity index (χ3v) is 5.47. The molecule has 184 valence electrons. The van der Waals surface area contributed by atoms with Crippen molar-refractivity contribution >= 4 is 17.9 Å². The third-order valence-electron chi connectivity index (χ3n) is 5.47. The lowest BCUT2D eigenvalue weighted by molar-refractivity contribution is -0.165. The molecule has 35 heavy (non-hydrogen) atoms. The summed E-state index contributed by atoms with van der Waals surface area (Å²) < 4.78 is 35.0. The summed E-state index contributed by atoms with van der Waals surface area (Å²) in [6, 6.07) is 8.72. The first kappa shape index (κ1) is 25.7. The van der Waals surface area contributed by atoms with Crippen LogP contribution in [0.25, 0.3) is 0 Å². The normalized spacial score (nSPS) is 15.1. The maximum atomic E-state index is 14.5. The standard InChI is InChI=1S/C26H26FNO7/c1-15(29)32-14-33-22(30)10-16-6-7-19(11-21(16)27)34-24(31)17-8-18(12-28)23-20(9-17)25(2,3)13-26(4,5)35-23/h6-9,11H,10,13-14H2,1-5H3. The van der Waals surface area contributed by atoms with E-state index >= 15 is 0 Å². The van der Waals surface area contributed by atoms with E-state index in [1.165, 1.54) is 18.2 Å². The molecule has 0 spiro atoms. The lowest BCUT2D eigenvalue weighted by Gasteiger charge is -2.42. The van der Waals surface area contributed by atoms with Crippen molar-refractivity contribution in [1.82, 2.24) is 0 Å². The van der Waals surface area contributed by atoms with Gasteiger partial charge in [-0.15, -0.1) is 0 Å². The summed E-state index contributed by atoms with van der Waals surface area (Å²) in [7, 11) is 0. The summed E-state index contributed by atoms with van der Waals surface area (Å²) in [6.07, 6.45) is 0.273. The molecule has 1 aliphatic heterocycles. The minimum atomic E-state index is -0.791. The Bertz CT molecular complexity index is 1230. The quantitative estimate of drug-likeness (QED) is 0.338. The average Bonchev–Trinajstić information content (AvgIpc) is 2.73. The highest BCUT2D eigenvalue weighted by molar-refractivity contribution is 5.92. The van der Waals surface area contributed by atoms with Crippen LogP contribution >= 0.6 is 0 Å². The van der Waals surface area contributed by atoms with Gasteiger partial charge in [-0.1, -0.05) is 19.9 Å². The molecule has 0 radical (unpaired) electrons. The zero-order valence-corrected chi connectivity index (χ0v) is 20.2. The molecular formula is C26H26FNO7. The van der Waals surface area contributed by atoms with E-state index in [-0.39, 0.29) is 27.9 Å². The number of carbonyl (C=O) groups excluding carboxylic acids is 3. The molecular weight excluding hydrogens is 457 g/mol. The number of ether oxygens (including phenoxy) is 4. The summed E-state index contributed by atoms with van der Waals surface area (Å²) in [6.45, 7) is 8.51. The van der Waals surface area contributed by atoms with Crippen LogP contribution in [0.15, 0.2) is 30.3 Å². The number of halogens is 1. The van der Waals surface area contributed by atoms with Crippen molar-refractivity contribution in [2.24, 2.45) is 0 Å². The predicted molar refractivity (Wildman–Crippen MR) is 121 cm³/mol. The molecule has 0 saturated carbocycles. The molecule has 8 nitrogen and oxygen atoms in total. The van der Waals surface area contributed by atoms with Crippen LogP contribution in [0.1, 0.15) is 68.1 Å². The maximum absolute atomic E-state index is 14.5. The van der Waals surface area contributed by atoms with Crippen molar-refractivity contribution in [2.45, 2.75) is 58.5 Å². The predicted octanol–water partition coefficient (Wildman–Crippen LogP) is 4.36. The number of carbonyl (C=O) groups is 3. The second-order valence-corrected chi connectivity index (χ2v) is 9.52. The van der Waals surface area contributed by atoms with Gasteiger partial charge in [-0.2, -0.15) is 5.26 Å². The van der Waals surface area contributed by atoms with Gasteiger partial charge in [-0.05, 0) is 49.4 Å². The fourth-order valence-corrected chi connectivity index (χ4v) is 4.20. The molecule has 0 saturated heterocycles. The Kier molecular flexibility index (Phi) is 7.15. The molecule has 0 aliphatic carbocycles. The minimum absolute atomic E-state index is 0.0136. The fourth-order valence-electron chi connectivity index (χ4n) is 4.20. The van der Waals surface area contributed by atoms with Gasteiger partial charge in [0, 0.05) is 18.6 Å². The van der Waals surface area contributed by atoms with Gasteiger partial charge >= 0.3 is 17.9 Å². The average molecular weight is 483 g/mol. The van der Waals surface area contributed by atoms with Crippen LogP contribution < -0.4 is 9.47 Å². The van der Waals surface area contributed by atoms with E-state index in [0.717, 1.165) is 18.6 Å². The Morgan fingerprint density at radius 1 is 1.11 bits per heavy atom. The fraction of sp³-hybridized carbons (Fsp3) is 0.385. The Balaban J connectivity index is 1.77. The number of rotatable bonds is 6. The van der Waals surface area contributed by atoms with Crippen LogP contribution in [0, 0.1) is 17.1 Å². The smallest absolute Gasteiger partial charge is 0.343 e. The largest absolute Gasteiger partial charge is 0.486 e. The Labute approximate surface area is 202 Å². The number of esters is 3.